The molecule has 0 aromatic rings. The Bertz CT molecular complexity index is 620. The zero-order valence-corrected chi connectivity index (χ0v) is 19.0. The SMILES string of the molecule is CC12CCC(O)CC1=CCC1C2CCC2(C)C1CC[C@@H]2CCCC1CCOCC1. The minimum absolute atomic E-state index is 0.0775. The lowest BCUT2D eigenvalue weighted by Crippen LogP contribution is -2.50. The molecule has 5 rings (SSSR count). The van der Waals surface area contributed by atoms with Crippen molar-refractivity contribution >= 4 is 0 Å². The van der Waals surface area contributed by atoms with Crippen molar-refractivity contribution in [1.29, 1.82) is 0 Å². The number of ether oxygens (including phenoxy) is 1. The maximum absolute atomic E-state index is 10.2. The van der Waals surface area contributed by atoms with Gasteiger partial charge in [0, 0.05) is 13.2 Å². The Balaban J connectivity index is 1.24. The van der Waals surface area contributed by atoms with Crippen LogP contribution in [0, 0.1) is 40.4 Å². The van der Waals surface area contributed by atoms with Crippen molar-refractivity contribution < 1.29 is 9.84 Å². The van der Waals surface area contributed by atoms with E-state index in [1.165, 1.54) is 70.6 Å². The highest BCUT2D eigenvalue weighted by molar-refractivity contribution is 5.25. The van der Waals surface area contributed by atoms with Crippen molar-refractivity contribution in [2.75, 3.05) is 13.2 Å². The van der Waals surface area contributed by atoms with E-state index in [-0.39, 0.29) is 6.10 Å². The molecule has 1 aliphatic heterocycles. The molecule has 1 N–H and O–H groups in total. The summed E-state index contributed by atoms with van der Waals surface area (Å²) in [6.45, 7) is 7.25. The third-order valence-electron chi connectivity index (χ3n) is 10.8. The molecule has 1 saturated heterocycles. The number of aliphatic hydroxyl groups is 1. The smallest absolute Gasteiger partial charge is 0.0577 e. The second-order valence-electron chi connectivity index (χ2n) is 12.0. The van der Waals surface area contributed by atoms with Gasteiger partial charge in [-0.2, -0.15) is 0 Å². The van der Waals surface area contributed by atoms with E-state index in [2.05, 4.69) is 19.9 Å². The topological polar surface area (TPSA) is 29.5 Å². The van der Waals surface area contributed by atoms with Gasteiger partial charge in [0.25, 0.3) is 0 Å². The fourth-order valence-electron chi connectivity index (χ4n) is 8.91. The van der Waals surface area contributed by atoms with Gasteiger partial charge >= 0.3 is 0 Å². The van der Waals surface area contributed by atoms with Crippen molar-refractivity contribution in [3.8, 4) is 0 Å². The third kappa shape index (κ3) is 3.55. The van der Waals surface area contributed by atoms with Crippen molar-refractivity contribution in [2.24, 2.45) is 40.4 Å². The van der Waals surface area contributed by atoms with Crippen LogP contribution in [0.15, 0.2) is 11.6 Å². The Labute approximate surface area is 178 Å². The zero-order chi connectivity index (χ0) is 20.1. The molecule has 2 heteroatoms. The van der Waals surface area contributed by atoms with Gasteiger partial charge < -0.3 is 9.84 Å². The molecule has 7 atom stereocenters. The average Bonchev–Trinajstić information content (AvgIpc) is 3.06. The molecule has 4 fully saturated rings. The van der Waals surface area contributed by atoms with E-state index in [1.54, 1.807) is 5.57 Å². The van der Waals surface area contributed by atoms with Crippen LogP contribution in [0.25, 0.3) is 0 Å². The predicted octanol–water partition coefficient (Wildman–Crippen LogP) is 6.52. The summed E-state index contributed by atoms with van der Waals surface area (Å²) in [4.78, 5) is 0. The first-order valence-corrected chi connectivity index (χ1v) is 13.0. The standard InChI is InChI=1S/C27H44O2/c1-26-15-11-25-23(8-6-21-18-22(28)10-14-27(21,25)2)24(26)9-7-20(26)5-3-4-19-12-16-29-17-13-19/h6,19-20,22-25,28H,3-5,7-18H2,1-2H3/t20-,22?,23?,24?,25?,26?,27?/m0/s1. The van der Waals surface area contributed by atoms with Gasteiger partial charge in [0.1, 0.15) is 0 Å². The van der Waals surface area contributed by atoms with Crippen LogP contribution in [0.5, 0.6) is 0 Å². The molecule has 164 valence electrons. The molecule has 2 nitrogen and oxygen atoms in total. The van der Waals surface area contributed by atoms with Crippen LogP contribution in [0.4, 0.5) is 0 Å². The minimum atomic E-state index is -0.0775. The highest BCUT2D eigenvalue weighted by Crippen LogP contribution is 2.66. The van der Waals surface area contributed by atoms with E-state index in [0.29, 0.717) is 10.8 Å². The summed E-state index contributed by atoms with van der Waals surface area (Å²) < 4.78 is 5.55. The molecule has 5 aliphatic rings. The molecule has 29 heavy (non-hydrogen) atoms. The third-order valence-corrected chi connectivity index (χ3v) is 10.8. The lowest BCUT2D eigenvalue weighted by molar-refractivity contribution is -0.0510. The van der Waals surface area contributed by atoms with E-state index >= 15 is 0 Å². The second-order valence-corrected chi connectivity index (χ2v) is 12.0. The van der Waals surface area contributed by atoms with Gasteiger partial charge in [-0.3, -0.25) is 0 Å². The van der Waals surface area contributed by atoms with Crippen molar-refractivity contribution in [1.82, 2.24) is 0 Å². The van der Waals surface area contributed by atoms with Gasteiger partial charge in [-0.1, -0.05) is 38.3 Å². The maximum Gasteiger partial charge on any atom is 0.0577 e. The first kappa shape index (κ1) is 20.6. The Kier molecular flexibility index (Phi) is 5.65. The normalized spacial score (nSPS) is 47.8. The van der Waals surface area contributed by atoms with E-state index in [9.17, 15) is 5.11 Å². The molecule has 0 aromatic carbocycles. The molecular weight excluding hydrogens is 356 g/mol. The van der Waals surface area contributed by atoms with E-state index in [1.807, 2.05) is 0 Å². The summed E-state index contributed by atoms with van der Waals surface area (Å²) in [6.07, 6.45) is 19.9. The molecule has 0 radical (unpaired) electrons. The van der Waals surface area contributed by atoms with Gasteiger partial charge in [-0.25, -0.2) is 0 Å². The second kappa shape index (κ2) is 7.97. The highest BCUT2D eigenvalue weighted by Gasteiger charge is 2.58. The summed E-state index contributed by atoms with van der Waals surface area (Å²) in [7, 11) is 0. The predicted molar refractivity (Wildman–Crippen MR) is 119 cm³/mol. The van der Waals surface area contributed by atoms with Crippen LogP contribution in [0.3, 0.4) is 0 Å². The molecular formula is C27H44O2. The fourth-order valence-corrected chi connectivity index (χ4v) is 8.91. The molecule has 0 aromatic heterocycles. The molecule has 0 bridgehead atoms. The van der Waals surface area contributed by atoms with E-state index in [4.69, 9.17) is 4.74 Å². The van der Waals surface area contributed by atoms with Crippen LogP contribution in [0.1, 0.15) is 97.3 Å². The van der Waals surface area contributed by atoms with Gasteiger partial charge in [0.2, 0.25) is 0 Å². The average molecular weight is 401 g/mol. The van der Waals surface area contributed by atoms with Crippen molar-refractivity contribution in [3.05, 3.63) is 11.6 Å². The maximum atomic E-state index is 10.2. The van der Waals surface area contributed by atoms with Crippen LogP contribution < -0.4 is 0 Å². The molecule has 3 saturated carbocycles. The summed E-state index contributed by atoms with van der Waals surface area (Å²) >= 11 is 0. The van der Waals surface area contributed by atoms with Crippen LogP contribution in [-0.4, -0.2) is 24.4 Å². The van der Waals surface area contributed by atoms with Gasteiger partial charge in [-0.15, -0.1) is 0 Å². The monoisotopic (exact) mass is 400 g/mol. The van der Waals surface area contributed by atoms with Crippen LogP contribution >= 0.6 is 0 Å². The molecule has 0 amide bonds. The summed E-state index contributed by atoms with van der Waals surface area (Å²) in [6, 6.07) is 0. The number of allylic oxidation sites excluding steroid dienone is 1. The molecule has 6 unspecified atom stereocenters. The molecule has 4 aliphatic carbocycles. The van der Waals surface area contributed by atoms with E-state index in [0.717, 1.165) is 55.6 Å². The van der Waals surface area contributed by atoms with Gasteiger partial charge in [-0.05, 0) is 111 Å². The lowest BCUT2D eigenvalue weighted by Gasteiger charge is -2.58. The summed E-state index contributed by atoms with van der Waals surface area (Å²) in [5.41, 5.74) is 2.62. The van der Waals surface area contributed by atoms with Gasteiger partial charge in [0.05, 0.1) is 6.10 Å². The Hall–Kier alpha value is -0.340. The number of hydrogen-bond donors (Lipinski definition) is 1. The van der Waals surface area contributed by atoms with Gasteiger partial charge in [0.15, 0.2) is 0 Å². The quantitative estimate of drug-likeness (QED) is 0.544. The number of rotatable bonds is 4. The Morgan fingerprint density at radius 1 is 0.966 bits per heavy atom. The van der Waals surface area contributed by atoms with E-state index < -0.39 is 0 Å². The van der Waals surface area contributed by atoms with Crippen LogP contribution in [0.2, 0.25) is 0 Å². The van der Waals surface area contributed by atoms with Crippen LogP contribution in [-0.2, 0) is 4.74 Å². The minimum Gasteiger partial charge on any atom is -0.393 e. The fraction of sp³-hybridized carbons (Fsp3) is 0.926. The highest BCUT2D eigenvalue weighted by atomic mass is 16.5. The Morgan fingerprint density at radius 2 is 1.79 bits per heavy atom. The number of fused-ring (bicyclic) bond motifs is 5. The first-order valence-electron chi connectivity index (χ1n) is 13.0. The number of aliphatic hydroxyl groups excluding tert-OH is 1. The summed E-state index contributed by atoms with van der Waals surface area (Å²) in [5, 5.41) is 10.2. The summed E-state index contributed by atoms with van der Waals surface area (Å²) in [5.74, 6) is 4.66. The lowest BCUT2D eigenvalue weighted by atomic mass is 9.47. The molecule has 0 spiro atoms. The first-order chi connectivity index (χ1) is 14.0. The molecule has 1 heterocycles. The largest absolute Gasteiger partial charge is 0.393 e. The number of hydrogen-bond acceptors (Lipinski definition) is 2. The van der Waals surface area contributed by atoms with Crippen molar-refractivity contribution in [2.45, 2.75) is 103 Å². The van der Waals surface area contributed by atoms with Crippen molar-refractivity contribution in [3.63, 3.8) is 0 Å². The Morgan fingerprint density at radius 3 is 2.62 bits per heavy atom. The zero-order valence-electron chi connectivity index (χ0n) is 19.0.